The summed E-state index contributed by atoms with van der Waals surface area (Å²) in [7, 11) is 0. The number of hydrogen-bond donors (Lipinski definition) is 1. The van der Waals surface area contributed by atoms with E-state index in [0.717, 1.165) is 24.2 Å². The SMILES string of the molecule is C=CCCOc1ncc(CNC(C)C)c(C)n1. The Bertz CT molecular complexity index is 364. The number of nitrogens with zero attached hydrogens (tertiary/aromatic N) is 2. The van der Waals surface area contributed by atoms with Crippen LogP contribution in [-0.2, 0) is 6.54 Å². The highest BCUT2D eigenvalue weighted by Crippen LogP contribution is 2.09. The van der Waals surface area contributed by atoms with Gasteiger partial charge in [0.25, 0.3) is 0 Å². The fraction of sp³-hybridized carbons (Fsp3) is 0.538. The Labute approximate surface area is 103 Å². The molecule has 1 aromatic heterocycles. The second kappa shape index (κ2) is 7.01. The van der Waals surface area contributed by atoms with Gasteiger partial charge in [0.1, 0.15) is 0 Å². The third kappa shape index (κ3) is 4.95. The number of aromatic nitrogens is 2. The lowest BCUT2D eigenvalue weighted by Gasteiger charge is -2.10. The molecule has 94 valence electrons. The van der Waals surface area contributed by atoms with Gasteiger partial charge >= 0.3 is 6.01 Å². The van der Waals surface area contributed by atoms with Gasteiger partial charge in [0.2, 0.25) is 0 Å². The summed E-state index contributed by atoms with van der Waals surface area (Å²) in [5.41, 5.74) is 2.07. The summed E-state index contributed by atoms with van der Waals surface area (Å²) in [6.07, 6.45) is 4.44. The molecule has 0 spiro atoms. The molecule has 0 aliphatic heterocycles. The molecule has 17 heavy (non-hydrogen) atoms. The first kappa shape index (κ1) is 13.6. The molecule has 0 unspecified atom stereocenters. The van der Waals surface area contributed by atoms with E-state index in [0.29, 0.717) is 18.7 Å². The molecule has 1 aromatic rings. The smallest absolute Gasteiger partial charge is 0.316 e. The van der Waals surface area contributed by atoms with Gasteiger partial charge in [-0.1, -0.05) is 19.9 Å². The fourth-order valence-corrected chi connectivity index (χ4v) is 1.26. The second-order valence-corrected chi connectivity index (χ2v) is 4.22. The zero-order valence-corrected chi connectivity index (χ0v) is 10.9. The van der Waals surface area contributed by atoms with Crippen molar-refractivity contribution in [3.63, 3.8) is 0 Å². The van der Waals surface area contributed by atoms with Crippen LogP contribution in [0.1, 0.15) is 31.5 Å². The van der Waals surface area contributed by atoms with Gasteiger partial charge in [0.05, 0.1) is 6.61 Å². The predicted octanol–water partition coefficient (Wildman–Crippen LogP) is 2.24. The molecule has 0 saturated heterocycles. The Hall–Kier alpha value is -1.42. The summed E-state index contributed by atoms with van der Waals surface area (Å²) >= 11 is 0. The minimum Gasteiger partial charge on any atom is -0.463 e. The van der Waals surface area contributed by atoms with Crippen LogP contribution in [0.5, 0.6) is 6.01 Å². The van der Waals surface area contributed by atoms with Crippen LogP contribution < -0.4 is 10.1 Å². The van der Waals surface area contributed by atoms with E-state index in [9.17, 15) is 0 Å². The van der Waals surface area contributed by atoms with Crippen molar-refractivity contribution in [3.8, 4) is 6.01 Å². The lowest BCUT2D eigenvalue weighted by atomic mass is 10.2. The number of aryl methyl sites for hydroxylation is 1. The van der Waals surface area contributed by atoms with Gasteiger partial charge in [-0.05, 0) is 13.3 Å². The molecule has 0 radical (unpaired) electrons. The zero-order chi connectivity index (χ0) is 12.7. The molecule has 1 N–H and O–H groups in total. The largest absolute Gasteiger partial charge is 0.463 e. The fourth-order valence-electron chi connectivity index (χ4n) is 1.26. The van der Waals surface area contributed by atoms with Crippen LogP contribution in [0.3, 0.4) is 0 Å². The first-order valence-electron chi connectivity index (χ1n) is 5.93. The van der Waals surface area contributed by atoms with E-state index < -0.39 is 0 Å². The highest BCUT2D eigenvalue weighted by atomic mass is 16.5. The summed E-state index contributed by atoms with van der Waals surface area (Å²) in [6.45, 7) is 11.2. The number of ether oxygens (including phenoxy) is 1. The van der Waals surface area contributed by atoms with E-state index >= 15 is 0 Å². The third-order valence-electron chi connectivity index (χ3n) is 2.31. The Morgan fingerprint density at radius 3 is 2.88 bits per heavy atom. The van der Waals surface area contributed by atoms with Gasteiger partial charge in [-0.25, -0.2) is 9.97 Å². The maximum Gasteiger partial charge on any atom is 0.316 e. The van der Waals surface area contributed by atoms with Crippen molar-refractivity contribution < 1.29 is 4.74 Å². The summed E-state index contributed by atoms with van der Waals surface area (Å²) in [5, 5.41) is 3.34. The van der Waals surface area contributed by atoms with E-state index in [-0.39, 0.29) is 0 Å². The Kier molecular flexibility index (Phi) is 5.63. The summed E-state index contributed by atoms with van der Waals surface area (Å²) in [4.78, 5) is 8.50. The van der Waals surface area contributed by atoms with Gasteiger partial charge in [0.15, 0.2) is 0 Å². The Morgan fingerprint density at radius 1 is 1.53 bits per heavy atom. The van der Waals surface area contributed by atoms with Gasteiger partial charge in [-0.3, -0.25) is 0 Å². The molecule has 0 amide bonds. The highest BCUT2D eigenvalue weighted by molar-refractivity contribution is 5.17. The molecule has 1 rings (SSSR count). The lowest BCUT2D eigenvalue weighted by Crippen LogP contribution is -2.22. The van der Waals surface area contributed by atoms with Crippen LogP contribution in [-0.4, -0.2) is 22.6 Å². The lowest BCUT2D eigenvalue weighted by molar-refractivity contribution is 0.297. The van der Waals surface area contributed by atoms with E-state index in [1.807, 2.05) is 19.2 Å². The van der Waals surface area contributed by atoms with Crippen molar-refractivity contribution in [1.82, 2.24) is 15.3 Å². The predicted molar refractivity (Wildman–Crippen MR) is 69.1 cm³/mol. The standard InChI is InChI=1S/C13H21N3O/c1-5-6-7-17-13-15-9-12(11(4)16-13)8-14-10(2)3/h5,9-10,14H,1,6-8H2,2-4H3. The first-order chi connectivity index (χ1) is 8.13. The number of rotatable bonds is 7. The topological polar surface area (TPSA) is 47.0 Å². The molecular weight excluding hydrogens is 214 g/mol. The van der Waals surface area contributed by atoms with Crippen LogP contribution in [0.2, 0.25) is 0 Å². The van der Waals surface area contributed by atoms with Crippen molar-refractivity contribution in [2.45, 2.75) is 39.8 Å². The minimum atomic E-state index is 0.442. The third-order valence-corrected chi connectivity index (χ3v) is 2.31. The monoisotopic (exact) mass is 235 g/mol. The molecule has 0 aromatic carbocycles. The molecule has 0 fully saturated rings. The first-order valence-corrected chi connectivity index (χ1v) is 5.93. The minimum absolute atomic E-state index is 0.442. The molecule has 1 heterocycles. The van der Waals surface area contributed by atoms with E-state index in [4.69, 9.17) is 4.74 Å². The van der Waals surface area contributed by atoms with Crippen LogP contribution in [0.4, 0.5) is 0 Å². The van der Waals surface area contributed by atoms with Crippen molar-refractivity contribution in [2.24, 2.45) is 0 Å². The molecule has 0 atom stereocenters. The highest BCUT2D eigenvalue weighted by Gasteiger charge is 2.04. The average molecular weight is 235 g/mol. The number of nitrogens with one attached hydrogen (secondary N) is 1. The van der Waals surface area contributed by atoms with Crippen molar-refractivity contribution >= 4 is 0 Å². The summed E-state index contributed by atoms with van der Waals surface area (Å²) in [6, 6.07) is 0.899. The average Bonchev–Trinajstić information content (AvgIpc) is 2.28. The summed E-state index contributed by atoms with van der Waals surface area (Å²) in [5.74, 6) is 0. The summed E-state index contributed by atoms with van der Waals surface area (Å²) < 4.78 is 5.39. The van der Waals surface area contributed by atoms with Crippen LogP contribution in [0.25, 0.3) is 0 Å². The van der Waals surface area contributed by atoms with E-state index in [1.165, 1.54) is 0 Å². The van der Waals surface area contributed by atoms with Crippen LogP contribution >= 0.6 is 0 Å². The molecule has 4 nitrogen and oxygen atoms in total. The van der Waals surface area contributed by atoms with E-state index in [2.05, 4.69) is 35.7 Å². The number of hydrogen-bond acceptors (Lipinski definition) is 4. The molecule has 0 aliphatic carbocycles. The van der Waals surface area contributed by atoms with Crippen molar-refractivity contribution in [1.29, 1.82) is 0 Å². The molecular formula is C13H21N3O. The van der Waals surface area contributed by atoms with E-state index in [1.54, 1.807) is 0 Å². The molecule has 0 aliphatic rings. The maximum atomic E-state index is 5.39. The Morgan fingerprint density at radius 2 is 2.29 bits per heavy atom. The van der Waals surface area contributed by atoms with Crippen molar-refractivity contribution in [2.75, 3.05) is 6.61 Å². The Balaban J connectivity index is 2.56. The second-order valence-electron chi connectivity index (χ2n) is 4.22. The van der Waals surface area contributed by atoms with Gasteiger partial charge < -0.3 is 10.1 Å². The van der Waals surface area contributed by atoms with Gasteiger partial charge in [0, 0.05) is 30.0 Å². The zero-order valence-electron chi connectivity index (χ0n) is 10.9. The molecule has 0 bridgehead atoms. The van der Waals surface area contributed by atoms with Gasteiger partial charge in [-0.15, -0.1) is 6.58 Å². The van der Waals surface area contributed by atoms with Crippen molar-refractivity contribution in [3.05, 3.63) is 30.1 Å². The molecule has 0 saturated carbocycles. The van der Waals surface area contributed by atoms with Gasteiger partial charge in [-0.2, -0.15) is 0 Å². The van der Waals surface area contributed by atoms with Crippen LogP contribution in [0, 0.1) is 6.92 Å². The quantitative estimate of drug-likeness (QED) is 0.581. The van der Waals surface area contributed by atoms with Crippen LogP contribution in [0.15, 0.2) is 18.9 Å². The molecule has 4 heteroatoms. The maximum absolute atomic E-state index is 5.39. The normalized spacial score (nSPS) is 10.6.